The number of ether oxygens (including phenoxy) is 1. The Bertz CT molecular complexity index is 1010. The lowest BCUT2D eigenvalue weighted by molar-refractivity contribution is -0.123. The van der Waals surface area contributed by atoms with Gasteiger partial charge in [0.2, 0.25) is 5.88 Å². The molecule has 2 heterocycles. The van der Waals surface area contributed by atoms with Crippen LogP contribution < -0.4 is 10.1 Å². The molecule has 25 heavy (non-hydrogen) atoms. The number of nitrogens with zero attached hydrogens (tertiary/aromatic N) is 2. The number of amides is 1. The van der Waals surface area contributed by atoms with Crippen molar-refractivity contribution >= 4 is 23.0 Å². The highest BCUT2D eigenvalue weighted by Gasteiger charge is 2.40. The quantitative estimate of drug-likeness (QED) is 0.801. The van der Waals surface area contributed by atoms with Crippen LogP contribution in [0.4, 0.5) is 0 Å². The maximum atomic E-state index is 12.1. The summed E-state index contributed by atoms with van der Waals surface area (Å²) >= 11 is 0. The summed E-state index contributed by atoms with van der Waals surface area (Å²) in [6.07, 6.45) is 1.42. The molecule has 0 bridgehead atoms. The summed E-state index contributed by atoms with van der Waals surface area (Å²) in [5.41, 5.74) is 1.41. The van der Waals surface area contributed by atoms with Crippen molar-refractivity contribution in [3.05, 3.63) is 60.2 Å². The van der Waals surface area contributed by atoms with Crippen molar-refractivity contribution in [3.63, 3.8) is 0 Å². The Morgan fingerprint density at radius 1 is 1.04 bits per heavy atom. The average molecular weight is 331 g/mol. The van der Waals surface area contributed by atoms with Gasteiger partial charge in [-0.15, -0.1) is 0 Å². The molecular formula is C20H17N3O2. The molecule has 0 aliphatic carbocycles. The van der Waals surface area contributed by atoms with Gasteiger partial charge in [-0.05, 0) is 35.9 Å². The second kappa shape index (κ2) is 5.70. The Morgan fingerprint density at radius 3 is 2.56 bits per heavy atom. The predicted molar refractivity (Wildman–Crippen MR) is 97.7 cm³/mol. The molecule has 0 radical (unpaired) electrons. The number of aromatic nitrogens is 1. The van der Waals surface area contributed by atoms with Crippen LogP contribution in [-0.2, 0) is 10.3 Å². The largest absolute Gasteiger partial charge is 0.481 e. The highest BCUT2D eigenvalue weighted by atomic mass is 16.5. The fraction of sp³-hybridized carbons (Fsp3) is 0.150. The number of pyridine rings is 1. The van der Waals surface area contributed by atoms with E-state index >= 15 is 0 Å². The number of carbonyl (C=O) groups is 1. The summed E-state index contributed by atoms with van der Waals surface area (Å²) in [4.78, 5) is 21.0. The second-order valence-electron chi connectivity index (χ2n) is 6.12. The van der Waals surface area contributed by atoms with Crippen LogP contribution in [0.5, 0.6) is 5.88 Å². The van der Waals surface area contributed by atoms with Gasteiger partial charge in [0.1, 0.15) is 0 Å². The van der Waals surface area contributed by atoms with Gasteiger partial charge in [0.15, 0.2) is 5.54 Å². The molecule has 1 aliphatic heterocycles. The van der Waals surface area contributed by atoms with Crippen LogP contribution in [-0.4, -0.2) is 24.3 Å². The number of nitrogens with one attached hydrogen (secondary N) is 1. The first-order valence-corrected chi connectivity index (χ1v) is 8.01. The smallest absolute Gasteiger partial charge is 0.257 e. The number of hydrogen-bond donors (Lipinski definition) is 1. The number of fused-ring (bicyclic) bond motifs is 1. The maximum Gasteiger partial charge on any atom is 0.257 e. The van der Waals surface area contributed by atoms with Gasteiger partial charge in [-0.1, -0.05) is 36.4 Å². The van der Waals surface area contributed by atoms with E-state index in [1.807, 2.05) is 30.3 Å². The van der Waals surface area contributed by atoms with E-state index in [0.29, 0.717) is 11.4 Å². The van der Waals surface area contributed by atoms with Crippen molar-refractivity contribution in [2.45, 2.75) is 12.5 Å². The number of aliphatic imine (C=N–C) groups is 1. The monoisotopic (exact) mass is 331 g/mol. The minimum atomic E-state index is -1.01. The molecule has 4 rings (SSSR count). The fourth-order valence-electron chi connectivity index (χ4n) is 3.09. The molecule has 5 heteroatoms. The number of hydrogen-bond acceptors (Lipinski definition) is 4. The van der Waals surface area contributed by atoms with Crippen LogP contribution in [0.1, 0.15) is 12.5 Å². The van der Waals surface area contributed by atoms with E-state index in [2.05, 4.69) is 39.6 Å². The van der Waals surface area contributed by atoms with Crippen molar-refractivity contribution < 1.29 is 9.53 Å². The molecule has 2 aromatic carbocycles. The predicted octanol–water partition coefficient (Wildman–Crippen LogP) is 3.28. The van der Waals surface area contributed by atoms with Crippen molar-refractivity contribution in [2.24, 2.45) is 4.99 Å². The van der Waals surface area contributed by atoms with E-state index in [1.165, 1.54) is 11.7 Å². The summed E-state index contributed by atoms with van der Waals surface area (Å²) in [6.45, 7) is 1.75. The third kappa shape index (κ3) is 2.45. The Morgan fingerprint density at radius 2 is 1.84 bits per heavy atom. The second-order valence-corrected chi connectivity index (χ2v) is 6.12. The number of methoxy groups -OCH3 is 1. The molecule has 124 valence electrons. The van der Waals surface area contributed by atoms with Crippen molar-refractivity contribution in [1.82, 2.24) is 10.3 Å². The normalized spacial score (nSPS) is 19.2. The molecule has 1 amide bonds. The molecule has 1 atom stereocenters. The van der Waals surface area contributed by atoms with E-state index in [4.69, 9.17) is 4.74 Å². The molecular weight excluding hydrogens is 314 g/mol. The summed E-state index contributed by atoms with van der Waals surface area (Å²) in [5.74, 6) is 0.216. The van der Waals surface area contributed by atoms with Crippen LogP contribution in [0.15, 0.2) is 59.6 Å². The van der Waals surface area contributed by atoms with Gasteiger partial charge in [0.25, 0.3) is 5.91 Å². The first-order valence-electron chi connectivity index (χ1n) is 8.01. The minimum Gasteiger partial charge on any atom is -0.481 e. The van der Waals surface area contributed by atoms with E-state index in [0.717, 1.165) is 16.6 Å². The number of rotatable bonds is 3. The molecule has 1 N–H and O–H groups in total. The molecule has 1 aliphatic rings. The lowest BCUT2D eigenvalue weighted by Gasteiger charge is -2.21. The van der Waals surface area contributed by atoms with Gasteiger partial charge in [-0.3, -0.25) is 9.79 Å². The zero-order valence-electron chi connectivity index (χ0n) is 14.0. The topological polar surface area (TPSA) is 63.6 Å². The average Bonchev–Trinajstić information content (AvgIpc) is 3.00. The van der Waals surface area contributed by atoms with Crippen LogP contribution in [0, 0.1) is 0 Å². The minimum absolute atomic E-state index is 0.189. The first-order chi connectivity index (χ1) is 12.1. The Hall–Kier alpha value is -3.21. The van der Waals surface area contributed by atoms with Crippen LogP contribution in [0.2, 0.25) is 0 Å². The van der Waals surface area contributed by atoms with Crippen molar-refractivity contribution in [3.8, 4) is 17.1 Å². The lowest BCUT2D eigenvalue weighted by atomic mass is 9.92. The zero-order chi connectivity index (χ0) is 17.4. The summed E-state index contributed by atoms with van der Waals surface area (Å²) in [7, 11) is 1.55. The molecule has 1 aromatic heterocycles. The van der Waals surface area contributed by atoms with Crippen molar-refractivity contribution in [1.29, 1.82) is 0 Å². The zero-order valence-corrected chi connectivity index (χ0v) is 14.0. The van der Waals surface area contributed by atoms with Crippen LogP contribution in [0.25, 0.3) is 22.0 Å². The molecule has 5 nitrogen and oxygen atoms in total. The summed E-state index contributed by atoms with van der Waals surface area (Å²) in [6, 6.07) is 18.1. The maximum absolute atomic E-state index is 12.1. The van der Waals surface area contributed by atoms with Crippen molar-refractivity contribution in [2.75, 3.05) is 7.11 Å². The van der Waals surface area contributed by atoms with E-state index in [9.17, 15) is 4.79 Å². The van der Waals surface area contributed by atoms with Gasteiger partial charge in [-0.25, -0.2) is 4.98 Å². The molecule has 1 unspecified atom stereocenters. The molecule has 3 aromatic rings. The van der Waals surface area contributed by atoms with E-state index in [-0.39, 0.29) is 5.91 Å². The Balaban J connectivity index is 1.81. The highest BCUT2D eigenvalue weighted by Crippen LogP contribution is 2.35. The first kappa shape index (κ1) is 15.3. The highest BCUT2D eigenvalue weighted by molar-refractivity contribution is 6.00. The number of carbonyl (C=O) groups excluding carboxylic acids is 1. The lowest BCUT2D eigenvalue weighted by Crippen LogP contribution is -2.34. The van der Waals surface area contributed by atoms with Crippen LogP contribution >= 0.6 is 0 Å². The standard InChI is InChI=1S/C20H17N3O2/c1-20(19(24)21-12-22-20)16-9-10-17(23-18(16)25-2)15-8-7-13-5-3-4-6-14(13)11-15/h3-12H,1-2H3,(H,21,22,24). The third-order valence-electron chi connectivity index (χ3n) is 4.58. The third-order valence-corrected chi connectivity index (χ3v) is 4.58. The van der Waals surface area contributed by atoms with Gasteiger partial charge >= 0.3 is 0 Å². The Labute approximate surface area is 145 Å². The molecule has 0 fully saturated rings. The number of benzene rings is 2. The SMILES string of the molecule is COc1nc(-c2ccc3ccccc3c2)ccc1C1(C)N=CNC1=O. The van der Waals surface area contributed by atoms with Gasteiger partial charge in [0, 0.05) is 5.56 Å². The summed E-state index contributed by atoms with van der Waals surface area (Å²) < 4.78 is 5.46. The molecule has 0 spiro atoms. The van der Waals surface area contributed by atoms with Gasteiger partial charge in [-0.2, -0.15) is 0 Å². The van der Waals surface area contributed by atoms with Gasteiger partial charge < -0.3 is 10.1 Å². The van der Waals surface area contributed by atoms with Crippen LogP contribution in [0.3, 0.4) is 0 Å². The van der Waals surface area contributed by atoms with E-state index < -0.39 is 5.54 Å². The summed E-state index contributed by atoms with van der Waals surface area (Å²) in [5, 5.41) is 4.94. The Kier molecular flexibility index (Phi) is 3.50. The van der Waals surface area contributed by atoms with E-state index in [1.54, 1.807) is 14.0 Å². The fourth-order valence-corrected chi connectivity index (χ4v) is 3.09. The molecule has 0 saturated heterocycles. The van der Waals surface area contributed by atoms with Gasteiger partial charge in [0.05, 0.1) is 24.7 Å². The molecule has 0 saturated carbocycles.